The number of fused-ring (bicyclic) bond motifs is 1. The standard InChI is InChI=1S/C9H8N2O2S/c1-13-9(12)5-4-11-6-2-3-14-8(6)7(5)10/h2-4H,1H3,(H2,10,11). The van der Waals surface area contributed by atoms with Crippen molar-refractivity contribution in [1.82, 2.24) is 4.98 Å². The first-order valence-corrected chi connectivity index (χ1v) is 4.82. The van der Waals surface area contributed by atoms with Crippen LogP contribution in [0.4, 0.5) is 5.69 Å². The van der Waals surface area contributed by atoms with Gasteiger partial charge in [0, 0.05) is 6.20 Å². The lowest BCUT2D eigenvalue weighted by Crippen LogP contribution is -2.06. The van der Waals surface area contributed by atoms with Gasteiger partial charge in [0.2, 0.25) is 0 Å². The van der Waals surface area contributed by atoms with Gasteiger partial charge in [-0.05, 0) is 11.4 Å². The van der Waals surface area contributed by atoms with Gasteiger partial charge in [-0.1, -0.05) is 0 Å². The molecular formula is C9H8N2O2S. The van der Waals surface area contributed by atoms with Crippen LogP contribution in [0.25, 0.3) is 10.2 Å². The van der Waals surface area contributed by atoms with E-state index in [1.807, 2.05) is 11.4 Å². The summed E-state index contributed by atoms with van der Waals surface area (Å²) in [6.07, 6.45) is 1.44. The van der Waals surface area contributed by atoms with Crippen LogP contribution in [0.5, 0.6) is 0 Å². The number of anilines is 1. The normalized spacial score (nSPS) is 10.4. The number of aromatic nitrogens is 1. The molecule has 0 radical (unpaired) electrons. The molecule has 14 heavy (non-hydrogen) atoms. The molecule has 0 aliphatic carbocycles. The van der Waals surface area contributed by atoms with E-state index in [1.165, 1.54) is 24.6 Å². The Morgan fingerprint density at radius 2 is 2.43 bits per heavy atom. The van der Waals surface area contributed by atoms with Gasteiger partial charge in [0.15, 0.2) is 0 Å². The fraction of sp³-hybridized carbons (Fsp3) is 0.111. The van der Waals surface area contributed by atoms with Gasteiger partial charge in [-0.25, -0.2) is 4.79 Å². The third-order valence-corrected chi connectivity index (χ3v) is 2.85. The number of carbonyl (C=O) groups is 1. The van der Waals surface area contributed by atoms with Gasteiger partial charge in [0.25, 0.3) is 0 Å². The van der Waals surface area contributed by atoms with Crippen LogP contribution in [0.2, 0.25) is 0 Å². The van der Waals surface area contributed by atoms with Crippen LogP contribution in [0, 0.1) is 0 Å². The lowest BCUT2D eigenvalue weighted by Gasteiger charge is -2.03. The summed E-state index contributed by atoms with van der Waals surface area (Å²) >= 11 is 1.46. The smallest absolute Gasteiger partial charge is 0.341 e. The molecule has 0 atom stereocenters. The second kappa shape index (κ2) is 3.26. The molecule has 2 rings (SSSR count). The van der Waals surface area contributed by atoms with Gasteiger partial charge < -0.3 is 10.5 Å². The van der Waals surface area contributed by atoms with Crippen molar-refractivity contribution in [1.29, 1.82) is 0 Å². The average Bonchev–Trinajstić information content (AvgIpc) is 2.66. The summed E-state index contributed by atoms with van der Waals surface area (Å²) in [6.45, 7) is 0. The van der Waals surface area contributed by atoms with Gasteiger partial charge in [0.05, 0.1) is 23.0 Å². The Hall–Kier alpha value is -1.62. The molecule has 0 aromatic carbocycles. The van der Waals surface area contributed by atoms with Crippen LogP contribution in [0.1, 0.15) is 10.4 Å². The maximum Gasteiger partial charge on any atom is 0.341 e. The first kappa shape index (κ1) is 8.96. The summed E-state index contributed by atoms with van der Waals surface area (Å²) < 4.78 is 5.42. The van der Waals surface area contributed by atoms with Crippen LogP contribution < -0.4 is 5.73 Å². The van der Waals surface area contributed by atoms with E-state index in [1.54, 1.807) is 0 Å². The van der Waals surface area contributed by atoms with Gasteiger partial charge >= 0.3 is 5.97 Å². The van der Waals surface area contributed by atoms with E-state index in [-0.39, 0.29) is 0 Å². The lowest BCUT2D eigenvalue weighted by atomic mass is 10.2. The number of nitrogens with two attached hydrogens (primary N) is 1. The number of pyridine rings is 1. The first-order valence-electron chi connectivity index (χ1n) is 3.94. The second-order valence-electron chi connectivity index (χ2n) is 2.71. The maximum atomic E-state index is 11.3. The molecule has 0 fully saturated rings. The monoisotopic (exact) mass is 208 g/mol. The number of hydrogen-bond donors (Lipinski definition) is 1. The largest absolute Gasteiger partial charge is 0.465 e. The minimum atomic E-state index is -0.453. The summed E-state index contributed by atoms with van der Waals surface area (Å²) in [7, 11) is 1.32. The van der Waals surface area contributed by atoms with E-state index >= 15 is 0 Å². The summed E-state index contributed by atoms with van der Waals surface area (Å²) in [6, 6.07) is 1.86. The molecule has 2 N–H and O–H groups in total. The van der Waals surface area contributed by atoms with E-state index < -0.39 is 5.97 Å². The Balaban J connectivity index is 2.67. The van der Waals surface area contributed by atoms with Crippen molar-refractivity contribution < 1.29 is 9.53 Å². The van der Waals surface area contributed by atoms with E-state index in [2.05, 4.69) is 9.72 Å². The number of nitrogens with zero attached hydrogens (tertiary/aromatic N) is 1. The fourth-order valence-electron chi connectivity index (χ4n) is 1.20. The van der Waals surface area contributed by atoms with Gasteiger partial charge in [0.1, 0.15) is 5.56 Å². The summed E-state index contributed by atoms with van der Waals surface area (Å²) in [5.41, 5.74) is 7.38. The molecule has 0 saturated carbocycles. The van der Waals surface area contributed by atoms with E-state index in [0.717, 1.165) is 10.2 Å². The third-order valence-electron chi connectivity index (χ3n) is 1.92. The highest BCUT2D eigenvalue weighted by molar-refractivity contribution is 7.17. The van der Waals surface area contributed by atoms with Gasteiger partial charge in [-0.2, -0.15) is 0 Å². The maximum absolute atomic E-state index is 11.3. The molecule has 2 aromatic rings. The lowest BCUT2D eigenvalue weighted by molar-refractivity contribution is 0.0601. The number of ether oxygens (including phenoxy) is 1. The zero-order valence-corrected chi connectivity index (χ0v) is 8.30. The van der Waals surface area contributed by atoms with Gasteiger partial charge in [-0.15, -0.1) is 11.3 Å². The number of esters is 1. The zero-order chi connectivity index (χ0) is 10.1. The number of nitrogen functional groups attached to an aromatic ring is 1. The molecule has 2 aromatic heterocycles. The second-order valence-corrected chi connectivity index (χ2v) is 3.63. The molecule has 0 unspecified atom stereocenters. The molecule has 0 bridgehead atoms. The van der Waals surface area contributed by atoms with Crippen molar-refractivity contribution in [3.8, 4) is 0 Å². The topological polar surface area (TPSA) is 65.2 Å². The molecule has 0 spiro atoms. The minimum absolute atomic E-state index is 0.322. The molecular weight excluding hydrogens is 200 g/mol. The molecule has 5 heteroatoms. The van der Waals surface area contributed by atoms with Crippen LogP contribution in [0.3, 0.4) is 0 Å². The minimum Gasteiger partial charge on any atom is -0.465 e. The van der Waals surface area contributed by atoms with Crippen LogP contribution >= 0.6 is 11.3 Å². The van der Waals surface area contributed by atoms with Crippen LogP contribution in [-0.2, 0) is 4.74 Å². The highest BCUT2D eigenvalue weighted by Gasteiger charge is 2.13. The quantitative estimate of drug-likeness (QED) is 0.724. The summed E-state index contributed by atoms with van der Waals surface area (Å²) in [5, 5.41) is 1.88. The molecule has 4 nitrogen and oxygen atoms in total. The summed E-state index contributed by atoms with van der Waals surface area (Å²) in [5.74, 6) is -0.453. The van der Waals surface area contributed by atoms with E-state index in [0.29, 0.717) is 11.3 Å². The number of rotatable bonds is 1. The Morgan fingerprint density at radius 3 is 3.14 bits per heavy atom. The predicted molar refractivity (Wildman–Crippen MR) is 55.4 cm³/mol. The number of hydrogen-bond acceptors (Lipinski definition) is 5. The number of thiophene rings is 1. The number of methoxy groups -OCH3 is 1. The molecule has 2 heterocycles. The number of carbonyl (C=O) groups excluding carboxylic acids is 1. The van der Waals surface area contributed by atoms with Crippen molar-refractivity contribution in [2.24, 2.45) is 0 Å². The zero-order valence-electron chi connectivity index (χ0n) is 7.48. The molecule has 0 aliphatic rings. The first-order chi connectivity index (χ1) is 6.74. The highest BCUT2D eigenvalue weighted by Crippen LogP contribution is 2.27. The fourth-order valence-corrected chi connectivity index (χ4v) is 2.02. The Kier molecular flexibility index (Phi) is 2.09. The molecule has 0 aliphatic heterocycles. The molecule has 0 amide bonds. The van der Waals surface area contributed by atoms with E-state index in [4.69, 9.17) is 5.73 Å². The van der Waals surface area contributed by atoms with Gasteiger partial charge in [-0.3, -0.25) is 4.98 Å². The predicted octanol–water partition coefficient (Wildman–Crippen LogP) is 1.67. The van der Waals surface area contributed by atoms with Crippen molar-refractivity contribution in [3.05, 3.63) is 23.2 Å². The van der Waals surface area contributed by atoms with Crippen LogP contribution in [0.15, 0.2) is 17.6 Å². The van der Waals surface area contributed by atoms with Crippen LogP contribution in [-0.4, -0.2) is 18.1 Å². The van der Waals surface area contributed by atoms with Crippen molar-refractivity contribution >= 4 is 33.2 Å². The van der Waals surface area contributed by atoms with Crippen molar-refractivity contribution in [3.63, 3.8) is 0 Å². The Morgan fingerprint density at radius 1 is 1.64 bits per heavy atom. The highest BCUT2D eigenvalue weighted by atomic mass is 32.1. The summed E-state index contributed by atoms with van der Waals surface area (Å²) in [4.78, 5) is 15.4. The molecule has 0 saturated heterocycles. The Labute approximate surface area is 84.3 Å². The SMILES string of the molecule is COC(=O)c1cnc2ccsc2c1N. The van der Waals surface area contributed by atoms with E-state index in [9.17, 15) is 4.79 Å². The molecule has 72 valence electrons. The van der Waals surface area contributed by atoms with Crippen molar-refractivity contribution in [2.75, 3.05) is 12.8 Å². The third kappa shape index (κ3) is 1.22. The average molecular weight is 208 g/mol. The van der Waals surface area contributed by atoms with Crippen molar-refractivity contribution in [2.45, 2.75) is 0 Å². The Bertz CT molecular complexity index is 493.